The molecule has 0 atom stereocenters. The zero-order chi connectivity index (χ0) is 42.9. The summed E-state index contributed by atoms with van der Waals surface area (Å²) in [7, 11) is -9.30. The summed E-state index contributed by atoms with van der Waals surface area (Å²) in [4.78, 5) is 13.0. The zero-order valence-corrected chi connectivity index (χ0v) is 38.0. The Labute approximate surface area is 349 Å². The first-order chi connectivity index (χ1) is 26.5. The summed E-state index contributed by atoms with van der Waals surface area (Å²) in [5.74, 6) is -0.119. The van der Waals surface area contributed by atoms with Gasteiger partial charge in [0.25, 0.3) is 14.2 Å². The molecule has 0 aliphatic heterocycles. The van der Waals surface area contributed by atoms with Crippen LogP contribution in [0.4, 0.5) is 11.4 Å². The number of aromatic hydroxyl groups is 1. The number of nitrogens with two attached hydrogens (primary N) is 1. The normalized spacial score (nSPS) is 12.2. The van der Waals surface area contributed by atoms with E-state index in [9.17, 15) is 26.7 Å². The predicted molar refractivity (Wildman–Crippen MR) is 232 cm³/mol. The van der Waals surface area contributed by atoms with Gasteiger partial charge < -0.3 is 25.3 Å². The molecule has 17 heteroatoms. The maximum absolute atomic E-state index is 12.8. The number of phenols is 1. The highest BCUT2D eigenvalue weighted by Gasteiger charge is 2.39. The lowest BCUT2D eigenvalue weighted by Gasteiger charge is -2.36. The lowest BCUT2D eigenvalue weighted by molar-refractivity contribution is 0.102. The molecule has 312 valence electrons. The van der Waals surface area contributed by atoms with Gasteiger partial charge in [0.05, 0.1) is 31.2 Å². The van der Waals surface area contributed by atoms with Crippen LogP contribution in [0.1, 0.15) is 64.4 Å². The summed E-state index contributed by atoms with van der Waals surface area (Å²) in [5, 5.41) is 13.0. The Morgan fingerprint density at radius 1 is 0.789 bits per heavy atom. The number of nitrogens with zero attached hydrogens (tertiary/aromatic N) is 2. The molecule has 0 aliphatic rings. The van der Waals surface area contributed by atoms with Crippen molar-refractivity contribution in [3.8, 4) is 17.2 Å². The van der Waals surface area contributed by atoms with E-state index in [1.165, 1.54) is 45.0 Å². The molecule has 0 saturated carbocycles. The minimum atomic E-state index is -3.78. The van der Waals surface area contributed by atoms with E-state index in [2.05, 4.69) is 39.2 Å². The van der Waals surface area contributed by atoms with Crippen LogP contribution in [-0.2, 0) is 26.7 Å². The van der Waals surface area contributed by atoms with Crippen molar-refractivity contribution in [1.29, 1.82) is 0 Å². The van der Waals surface area contributed by atoms with Crippen molar-refractivity contribution < 1.29 is 35.9 Å². The minimum Gasteiger partial charge on any atom is -0.542 e. The third-order valence-corrected chi connectivity index (χ3v) is 18.5. The molecular weight excluding hydrogens is 828 g/mol. The smallest absolute Gasteiger partial charge is 0.255 e. The monoisotopic (exact) mass is 880 g/mol. The first-order valence-electron chi connectivity index (χ1n) is 18.4. The van der Waals surface area contributed by atoms with Gasteiger partial charge in [0.15, 0.2) is 5.75 Å². The number of hydrogen-bond donors (Lipinski definition) is 3. The number of anilines is 2. The average molecular weight is 882 g/mol. The summed E-state index contributed by atoms with van der Waals surface area (Å²) in [6, 6.07) is 20.7. The Morgan fingerprint density at radius 3 is 1.75 bits per heavy atom. The van der Waals surface area contributed by atoms with Crippen molar-refractivity contribution in [2.24, 2.45) is 0 Å². The fourth-order valence-electron chi connectivity index (χ4n) is 5.16. The van der Waals surface area contributed by atoms with Crippen molar-refractivity contribution in [3.63, 3.8) is 0 Å². The standard InChI is InChI=1S/C24H24Cl2N2O5S.C16H30N2O3SSi/c1-3-28(4-2)34(31,32)18-10-11-22(29)21(14-18)27-24(30)17-12-19(25)23(20(26)13-17)33-15-16-8-6-5-7-9-16;1-8-18(9-2)22(19,20)13-10-11-15(14(17)12-13)21-23(6,7)16(3,4)5/h5-14,29H,3-4,15H2,1-2H3,(H,27,30);10-12H,8-9,17H2,1-7H3. The molecule has 0 aromatic heterocycles. The van der Waals surface area contributed by atoms with Crippen LogP contribution < -0.4 is 20.2 Å². The van der Waals surface area contributed by atoms with Crippen molar-refractivity contribution in [2.45, 2.75) is 83.0 Å². The second-order valence-electron chi connectivity index (χ2n) is 14.4. The zero-order valence-electron chi connectivity index (χ0n) is 33.9. The number of nitrogens with one attached hydrogen (secondary N) is 1. The SMILES string of the molecule is CCN(CC)S(=O)(=O)c1ccc(O)c(NC(=O)c2cc(Cl)c(OCc3ccccc3)c(Cl)c2)c1.CCN(CC)S(=O)(=O)c1ccc(O[Si](C)(C)C(C)(C)C)c(N)c1. The van der Waals surface area contributed by atoms with Crippen molar-refractivity contribution in [3.05, 3.63) is 100 Å². The van der Waals surface area contributed by atoms with Crippen LogP contribution in [0.5, 0.6) is 17.2 Å². The fraction of sp³-hybridized carbons (Fsp3) is 0.375. The average Bonchev–Trinajstić information content (AvgIpc) is 3.13. The molecule has 4 aromatic rings. The molecule has 0 unspecified atom stereocenters. The molecule has 0 saturated heterocycles. The fourth-order valence-corrected chi connectivity index (χ4v) is 9.78. The van der Waals surface area contributed by atoms with Crippen LogP contribution in [0.25, 0.3) is 0 Å². The number of carbonyl (C=O) groups is 1. The highest BCUT2D eigenvalue weighted by atomic mass is 35.5. The first-order valence-corrected chi connectivity index (χ1v) is 25.0. The number of carbonyl (C=O) groups excluding carboxylic acids is 1. The molecule has 1 amide bonds. The van der Waals surface area contributed by atoms with Gasteiger partial charge in [-0.15, -0.1) is 0 Å². The second kappa shape index (κ2) is 19.7. The minimum absolute atomic E-state index is 0.0470. The van der Waals surface area contributed by atoms with E-state index in [1.807, 2.05) is 44.2 Å². The number of sulfonamides is 2. The highest BCUT2D eigenvalue weighted by Crippen LogP contribution is 2.40. The number of halogens is 2. The van der Waals surface area contributed by atoms with Gasteiger partial charge >= 0.3 is 0 Å². The van der Waals surface area contributed by atoms with Gasteiger partial charge in [0.1, 0.15) is 18.1 Å². The number of phenolic OH excluding ortho intramolecular Hbond substituents is 1. The van der Waals surface area contributed by atoms with Crippen molar-refractivity contribution >= 4 is 68.8 Å². The molecule has 0 spiro atoms. The number of hydrogen-bond acceptors (Lipinski definition) is 9. The lowest BCUT2D eigenvalue weighted by Crippen LogP contribution is -2.44. The largest absolute Gasteiger partial charge is 0.542 e. The van der Waals surface area contributed by atoms with Crippen molar-refractivity contribution in [2.75, 3.05) is 37.2 Å². The van der Waals surface area contributed by atoms with Gasteiger partial charge in [-0.1, -0.05) is 102 Å². The molecule has 4 aromatic carbocycles. The summed E-state index contributed by atoms with van der Waals surface area (Å²) >= 11 is 12.6. The van der Waals surface area contributed by atoms with Gasteiger partial charge in [-0.2, -0.15) is 8.61 Å². The van der Waals surface area contributed by atoms with E-state index in [0.717, 1.165) is 5.56 Å². The van der Waals surface area contributed by atoms with E-state index >= 15 is 0 Å². The molecule has 12 nitrogen and oxygen atoms in total. The summed E-state index contributed by atoms with van der Waals surface area (Å²) in [6.07, 6.45) is 0. The number of rotatable bonds is 15. The topological polar surface area (TPSA) is 169 Å². The van der Waals surface area contributed by atoms with Gasteiger partial charge in [0.2, 0.25) is 20.0 Å². The summed E-state index contributed by atoms with van der Waals surface area (Å²) in [6.45, 7) is 19.5. The van der Waals surface area contributed by atoms with E-state index in [1.54, 1.807) is 26.0 Å². The Kier molecular flexibility index (Phi) is 16.5. The lowest BCUT2D eigenvalue weighted by atomic mass is 10.2. The number of benzene rings is 4. The molecule has 4 rings (SSSR count). The van der Waals surface area contributed by atoms with Gasteiger partial charge in [-0.05, 0) is 72.2 Å². The van der Waals surface area contributed by atoms with Crippen LogP contribution >= 0.6 is 23.2 Å². The van der Waals surface area contributed by atoms with E-state index < -0.39 is 34.3 Å². The molecule has 4 N–H and O–H groups in total. The molecule has 0 bridgehead atoms. The third-order valence-electron chi connectivity index (χ3n) is 9.54. The van der Waals surface area contributed by atoms with Crippen LogP contribution in [0.15, 0.2) is 88.7 Å². The van der Waals surface area contributed by atoms with Crippen LogP contribution in [0, 0.1) is 0 Å². The van der Waals surface area contributed by atoms with Gasteiger partial charge in [-0.3, -0.25) is 4.79 Å². The second-order valence-corrected chi connectivity index (χ2v) is 23.8. The van der Waals surface area contributed by atoms with Gasteiger partial charge in [0, 0.05) is 31.7 Å². The highest BCUT2D eigenvalue weighted by molar-refractivity contribution is 7.89. The Morgan fingerprint density at radius 2 is 1.28 bits per heavy atom. The predicted octanol–water partition coefficient (Wildman–Crippen LogP) is 9.24. The molecular formula is C40H54Cl2N4O8S2Si. The number of ether oxygens (including phenoxy) is 1. The summed E-state index contributed by atoms with van der Waals surface area (Å²) in [5.41, 5.74) is 7.40. The summed E-state index contributed by atoms with van der Waals surface area (Å²) < 4.78 is 65.2. The van der Waals surface area contributed by atoms with Crippen LogP contribution in [-0.4, -0.2) is 71.0 Å². The molecule has 57 heavy (non-hydrogen) atoms. The third kappa shape index (κ3) is 11.9. The van der Waals surface area contributed by atoms with Crippen LogP contribution in [0.3, 0.4) is 0 Å². The molecule has 0 fully saturated rings. The Hall–Kier alpha value is -3.83. The quantitative estimate of drug-likeness (QED) is 0.0599. The Bertz CT molecular complexity index is 2210. The van der Waals surface area contributed by atoms with Crippen LogP contribution in [0.2, 0.25) is 28.2 Å². The van der Waals surface area contributed by atoms with E-state index in [0.29, 0.717) is 24.5 Å². The van der Waals surface area contributed by atoms with E-state index in [-0.39, 0.29) is 67.3 Å². The van der Waals surface area contributed by atoms with Crippen molar-refractivity contribution in [1.82, 2.24) is 8.61 Å². The maximum Gasteiger partial charge on any atom is 0.255 e. The molecule has 0 radical (unpaired) electrons. The first kappa shape index (κ1) is 47.5. The van der Waals surface area contributed by atoms with E-state index in [4.69, 9.17) is 38.1 Å². The number of amides is 1. The maximum atomic E-state index is 12.8. The van der Waals surface area contributed by atoms with Gasteiger partial charge in [-0.25, -0.2) is 16.8 Å². The molecule has 0 aliphatic carbocycles. The number of nitrogen functional groups attached to an aromatic ring is 1. The molecule has 0 heterocycles. The Balaban J connectivity index is 0.000000331.